The molecule has 0 aliphatic carbocycles. The van der Waals surface area contributed by atoms with Gasteiger partial charge in [0, 0.05) is 5.54 Å². The third-order valence-corrected chi connectivity index (χ3v) is 5.61. The SMILES string of the molecule is CCC(CC)(CC)N[SiH2]Cc1ccccc1. The maximum Gasteiger partial charge on any atom is 0.0965 e. The van der Waals surface area contributed by atoms with E-state index < -0.39 is 0 Å². The van der Waals surface area contributed by atoms with E-state index in [4.69, 9.17) is 0 Å². The molecule has 0 aliphatic rings. The normalized spacial score (nSPS) is 12.4. The monoisotopic (exact) mass is 235 g/mol. The first kappa shape index (κ1) is 13.5. The van der Waals surface area contributed by atoms with E-state index in [0.29, 0.717) is 5.54 Å². The van der Waals surface area contributed by atoms with E-state index in [1.54, 1.807) is 0 Å². The van der Waals surface area contributed by atoms with Gasteiger partial charge in [-0.25, -0.2) is 0 Å². The van der Waals surface area contributed by atoms with Crippen LogP contribution in [0.5, 0.6) is 0 Å². The van der Waals surface area contributed by atoms with E-state index in [0.717, 1.165) is 0 Å². The minimum absolute atomic E-state index is 0.174. The highest BCUT2D eigenvalue weighted by Crippen LogP contribution is 2.18. The molecule has 1 aromatic rings. The summed E-state index contributed by atoms with van der Waals surface area (Å²) in [6.45, 7) is 6.91. The number of hydrogen-bond acceptors (Lipinski definition) is 1. The largest absolute Gasteiger partial charge is 0.337 e. The van der Waals surface area contributed by atoms with Crippen LogP contribution in [0.3, 0.4) is 0 Å². The summed E-state index contributed by atoms with van der Waals surface area (Å²) in [6, 6.07) is 12.1. The molecular weight excluding hydrogens is 210 g/mol. The first-order valence-corrected chi connectivity index (χ1v) is 8.26. The second kappa shape index (κ2) is 6.87. The molecule has 1 nitrogen and oxygen atoms in total. The van der Waals surface area contributed by atoms with Crippen LogP contribution in [-0.2, 0) is 6.04 Å². The van der Waals surface area contributed by atoms with Gasteiger partial charge in [0.1, 0.15) is 0 Å². The highest BCUT2D eigenvalue weighted by molar-refractivity contribution is 6.31. The molecule has 0 fully saturated rings. The molecule has 1 rings (SSSR count). The van der Waals surface area contributed by atoms with Crippen LogP contribution in [0, 0.1) is 0 Å². The van der Waals surface area contributed by atoms with E-state index >= 15 is 0 Å². The number of nitrogens with one attached hydrogen (secondary N) is 1. The van der Waals surface area contributed by atoms with Crippen LogP contribution in [0.1, 0.15) is 45.6 Å². The van der Waals surface area contributed by atoms with Gasteiger partial charge < -0.3 is 4.98 Å². The second-order valence-corrected chi connectivity index (χ2v) is 5.86. The Morgan fingerprint density at radius 1 is 1.00 bits per heavy atom. The van der Waals surface area contributed by atoms with E-state index in [1.807, 2.05) is 0 Å². The van der Waals surface area contributed by atoms with Gasteiger partial charge in [-0.15, -0.1) is 0 Å². The van der Waals surface area contributed by atoms with Crippen LogP contribution in [0.15, 0.2) is 30.3 Å². The quantitative estimate of drug-likeness (QED) is 0.717. The molecule has 1 N–H and O–H groups in total. The van der Waals surface area contributed by atoms with Crippen molar-refractivity contribution in [1.82, 2.24) is 4.98 Å². The maximum absolute atomic E-state index is 3.87. The average molecular weight is 235 g/mol. The molecule has 0 amide bonds. The van der Waals surface area contributed by atoms with Gasteiger partial charge in [-0.1, -0.05) is 51.1 Å². The molecule has 0 radical (unpaired) electrons. The topological polar surface area (TPSA) is 12.0 Å². The van der Waals surface area contributed by atoms with Crippen LogP contribution >= 0.6 is 0 Å². The van der Waals surface area contributed by atoms with Crippen molar-refractivity contribution in [3.63, 3.8) is 0 Å². The lowest BCUT2D eigenvalue weighted by atomic mass is 9.91. The highest BCUT2D eigenvalue weighted by Gasteiger charge is 2.21. The minimum atomic E-state index is -0.174. The Labute approximate surface area is 103 Å². The predicted octanol–water partition coefficient (Wildman–Crippen LogP) is 2.83. The van der Waals surface area contributed by atoms with Crippen LogP contribution in [0.25, 0.3) is 0 Å². The van der Waals surface area contributed by atoms with Gasteiger partial charge in [0.15, 0.2) is 0 Å². The lowest BCUT2D eigenvalue weighted by molar-refractivity contribution is 0.346. The van der Waals surface area contributed by atoms with Crippen molar-refractivity contribution in [2.75, 3.05) is 0 Å². The molecule has 90 valence electrons. The Balaban J connectivity index is 2.39. The second-order valence-electron chi connectivity index (χ2n) is 4.50. The fourth-order valence-corrected chi connectivity index (χ4v) is 4.27. The van der Waals surface area contributed by atoms with Crippen LogP contribution in [-0.4, -0.2) is 15.2 Å². The van der Waals surface area contributed by atoms with Crippen molar-refractivity contribution in [1.29, 1.82) is 0 Å². The first-order chi connectivity index (χ1) is 7.76. The van der Waals surface area contributed by atoms with Crippen molar-refractivity contribution in [3.8, 4) is 0 Å². The molecule has 0 aliphatic heterocycles. The summed E-state index contributed by atoms with van der Waals surface area (Å²) in [5, 5.41) is 0. The van der Waals surface area contributed by atoms with Gasteiger partial charge in [0.05, 0.1) is 9.68 Å². The van der Waals surface area contributed by atoms with Crippen LogP contribution < -0.4 is 4.98 Å². The van der Waals surface area contributed by atoms with E-state index in [2.05, 4.69) is 56.1 Å². The summed E-state index contributed by atoms with van der Waals surface area (Å²) in [7, 11) is -0.174. The van der Waals surface area contributed by atoms with Gasteiger partial charge in [-0.2, -0.15) is 0 Å². The van der Waals surface area contributed by atoms with Crippen molar-refractivity contribution < 1.29 is 0 Å². The third-order valence-electron chi connectivity index (χ3n) is 3.79. The Kier molecular flexibility index (Phi) is 5.78. The van der Waals surface area contributed by atoms with Crippen molar-refractivity contribution in [3.05, 3.63) is 35.9 Å². The molecule has 16 heavy (non-hydrogen) atoms. The summed E-state index contributed by atoms with van der Waals surface area (Å²) >= 11 is 0. The molecule has 0 bridgehead atoms. The standard InChI is InChI=1S/C14H25NSi/c1-4-14(5-2,6-3)15-16-12-13-10-8-7-9-11-13/h7-11,15H,4-6,12,16H2,1-3H3. The van der Waals surface area contributed by atoms with Crippen LogP contribution in [0.4, 0.5) is 0 Å². The van der Waals surface area contributed by atoms with Gasteiger partial charge in [0.25, 0.3) is 0 Å². The van der Waals surface area contributed by atoms with Gasteiger partial charge in [0.2, 0.25) is 0 Å². The van der Waals surface area contributed by atoms with E-state index in [-0.39, 0.29) is 9.68 Å². The molecule has 0 saturated heterocycles. The summed E-state index contributed by atoms with van der Waals surface area (Å²) in [5.74, 6) is 0. The number of benzene rings is 1. The Hall–Kier alpha value is -0.603. The zero-order valence-corrected chi connectivity index (χ0v) is 12.3. The minimum Gasteiger partial charge on any atom is -0.337 e. The van der Waals surface area contributed by atoms with Gasteiger partial charge in [-0.3, -0.25) is 0 Å². The van der Waals surface area contributed by atoms with Gasteiger partial charge >= 0.3 is 0 Å². The van der Waals surface area contributed by atoms with Crippen LogP contribution in [0.2, 0.25) is 0 Å². The Bertz CT molecular complexity index is 272. The summed E-state index contributed by atoms with van der Waals surface area (Å²) in [5.41, 5.74) is 1.90. The summed E-state index contributed by atoms with van der Waals surface area (Å²) in [6.07, 6.45) is 3.76. The Morgan fingerprint density at radius 2 is 1.56 bits per heavy atom. The fraction of sp³-hybridized carbons (Fsp3) is 0.571. The molecular formula is C14H25NSi. The Morgan fingerprint density at radius 3 is 2.06 bits per heavy atom. The molecule has 0 heterocycles. The molecule has 0 saturated carbocycles. The molecule has 0 atom stereocenters. The zero-order valence-electron chi connectivity index (χ0n) is 10.9. The van der Waals surface area contributed by atoms with Crippen molar-refractivity contribution >= 4 is 9.68 Å². The lowest BCUT2D eigenvalue weighted by Crippen LogP contribution is -2.46. The molecule has 1 aromatic carbocycles. The molecule has 0 unspecified atom stereocenters. The summed E-state index contributed by atoms with van der Waals surface area (Å²) < 4.78 is 0. The van der Waals surface area contributed by atoms with Crippen molar-refractivity contribution in [2.45, 2.75) is 51.6 Å². The first-order valence-electron chi connectivity index (χ1n) is 6.55. The zero-order chi connectivity index (χ0) is 11.9. The maximum atomic E-state index is 3.87. The fourth-order valence-electron chi connectivity index (χ4n) is 2.24. The lowest BCUT2D eigenvalue weighted by Gasteiger charge is -2.32. The number of hydrogen-bond donors (Lipinski definition) is 1. The van der Waals surface area contributed by atoms with E-state index in [9.17, 15) is 0 Å². The molecule has 0 aromatic heterocycles. The van der Waals surface area contributed by atoms with E-state index in [1.165, 1.54) is 30.9 Å². The third kappa shape index (κ3) is 3.76. The van der Waals surface area contributed by atoms with Crippen molar-refractivity contribution in [2.24, 2.45) is 0 Å². The highest BCUT2D eigenvalue weighted by atomic mass is 28.2. The number of rotatable bonds is 7. The molecule has 0 spiro atoms. The summed E-state index contributed by atoms with van der Waals surface area (Å²) in [4.78, 5) is 3.87. The van der Waals surface area contributed by atoms with Gasteiger partial charge in [-0.05, 0) is 30.9 Å². The molecule has 2 heteroatoms. The predicted molar refractivity (Wildman–Crippen MR) is 75.4 cm³/mol. The smallest absolute Gasteiger partial charge is 0.0965 e. The average Bonchev–Trinajstić information content (AvgIpc) is 2.37.